The standard InChI is InChI=1S/C18H14BrNO3/c1-22-16-6-7-17-13(11-16)10-12(8-9-23-17)18(21)20-15-4-2-14(19)3-5-15/h2-11H,1H3,(H,20,21). The fourth-order valence-electron chi connectivity index (χ4n) is 2.15. The Bertz CT molecular complexity index is 794. The zero-order chi connectivity index (χ0) is 16.2. The number of carbonyl (C=O) groups is 1. The maximum absolute atomic E-state index is 12.4. The minimum Gasteiger partial charge on any atom is -0.497 e. The molecule has 2 aromatic rings. The van der Waals surface area contributed by atoms with E-state index in [0.29, 0.717) is 17.1 Å². The number of fused-ring (bicyclic) bond motifs is 1. The molecule has 4 nitrogen and oxygen atoms in total. The Kier molecular flexibility index (Phi) is 4.48. The molecule has 0 unspecified atom stereocenters. The maximum Gasteiger partial charge on any atom is 0.255 e. The summed E-state index contributed by atoms with van der Waals surface area (Å²) in [4.78, 5) is 12.4. The third kappa shape index (κ3) is 3.63. The summed E-state index contributed by atoms with van der Waals surface area (Å²) < 4.78 is 11.7. The van der Waals surface area contributed by atoms with Crippen LogP contribution in [-0.2, 0) is 4.79 Å². The summed E-state index contributed by atoms with van der Waals surface area (Å²) in [5.74, 6) is 1.18. The summed E-state index contributed by atoms with van der Waals surface area (Å²) in [7, 11) is 1.60. The number of rotatable bonds is 3. The number of hydrogen-bond acceptors (Lipinski definition) is 3. The van der Waals surface area contributed by atoms with Crippen molar-refractivity contribution in [3.8, 4) is 11.5 Å². The molecule has 1 amide bonds. The molecule has 0 saturated heterocycles. The second kappa shape index (κ2) is 6.71. The highest BCUT2D eigenvalue weighted by Gasteiger charge is 2.13. The van der Waals surface area contributed by atoms with Crippen molar-refractivity contribution in [1.82, 2.24) is 0 Å². The minimum absolute atomic E-state index is 0.206. The number of amides is 1. The van der Waals surface area contributed by atoms with Gasteiger partial charge < -0.3 is 14.8 Å². The Morgan fingerprint density at radius 2 is 1.96 bits per heavy atom. The lowest BCUT2D eigenvalue weighted by Crippen LogP contribution is -2.12. The molecule has 0 atom stereocenters. The summed E-state index contributed by atoms with van der Waals surface area (Å²) >= 11 is 3.37. The van der Waals surface area contributed by atoms with Crippen LogP contribution in [-0.4, -0.2) is 13.0 Å². The van der Waals surface area contributed by atoms with Crippen LogP contribution < -0.4 is 14.8 Å². The Labute approximate surface area is 142 Å². The number of nitrogens with one attached hydrogen (secondary N) is 1. The lowest BCUT2D eigenvalue weighted by atomic mass is 10.1. The van der Waals surface area contributed by atoms with Crippen molar-refractivity contribution < 1.29 is 14.3 Å². The van der Waals surface area contributed by atoms with E-state index in [1.54, 1.807) is 19.3 Å². The molecule has 2 aromatic carbocycles. The Morgan fingerprint density at radius 3 is 2.70 bits per heavy atom. The molecule has 5 heteroatoms. The lowest BCUT2D eigenvalue weighted by Gasteiger charge is -2.07. The lowest BCUT2D eigenvalue weighted by molar-refractivity contribution is -0.112. The molecule has 0 fully saturated rings. The number of carbonyl (C=O) groups excluding carboxylic acids is 1. The van der Waals surface area contributed by atoms with Crippen LogP contribution in [0.5, 0.6) is 11.5 Å². The van der Waals surface area contributed by atoms with Gasteiger partial charge in [-0.25, -0.2) is 0 Å². The third-order valence-electron chi connectivity index (χ3n) is 3.33. The molecule has 1 aliphatic rings. The summed E-state index contributed by atoms with van der Waals surface area (Å²) in [6.07, 6.45) is 4.92. The molecule has 1 aliphatic heterocycles. The molecule has 0 radical (unpaired) electrons. The van der Waals surface area contributed by atoms with Gasteiger partial charge in [0.1, 0.15) is 11.5 Å². The second-order valence-corrected chi connectivity index (χ2v) is 5.80. The van der Waals surface area contributed by atoms with Crippen molar-refractivity contribution in [3.05, 3.63) is 70.4 Å². The summed E-state index contributed by atoms with van der Waals surface area (Å²) in [6, 6.07) is 12.9. The first-order chi connectivity index (χ1) is 11.2. The van der Waals surface area contributed by atoms with Crippen molar-refractivity contribution in [3.63, 3.8) is 0 Å². The van der Waals surface area contributed by atoms with Gasteiger partial charge in [0.05, 0.1) is 13.4 Å². The number of anilines is 1. The maximum atomic E-state index is 12.4. The van der Waals surface area contributed by atoms with Crippen molar-refractivity contribution in [2.24, 2.45) is 0 Å². The van der Waals surface area contributed by atoms with Gasteiger partial charge in [-0.2, -0.15) is 0 Å². The monoisotopic (exact) mass is 371 g/mol. The molecule has 0 aliphatic carbocycles. The smallest absolute Gasteiger partial charge is 0.255 e. The van der Waals surface area contributed by atoms with E-state index in [9.17, 15) is 4.79 Å². The zero-order valence-corrected chi connectivity index (χ0v) is 14.0. The number of hydrogen-bond donors (Lipinski definition) is 1. The summed E-state index contributed by atoms with van der Waals surface area (Å²) in [5, 5.41) is 2.86. The Hall–Kier alpha value is -2.53. The van der Waals surface area contributed by atoms with Crippen LogP contribution in [0.15, 0.2) is 64.8 Å². The topological polar surface area (TPSA) is 47.6 Å². The van der Waals surface area contributed by atoms with E-state index in [2.05, 4.69) is 21.2 Å². The van der Waals surface area contributed by atoms with Crippen LogP contribution in [0.3, 0.4) is 0 Å². The molecular formula is C18H14BrNO3. The summed E-state index contributed by atoms with van der Waals surface area (Å²) in [5.41, 5.74) is 2.01. The second-order valence-electron chi connectivity index (χ2n) is 4.89. The Balaban J connectivity index is 1.86. The SMILES string of the molecule is COc1ccc2c(c1)C=C(C(=O)Nc1ccc(Br)cc1)C=CO2. The molecule has 1 heterocycles. The molecule has 0 bridgehead atoms. The number of halogens is 1. The number of methoxy groups -OCH3 is 1. The predicted octanol–water partition coefficient (Wildman–Crippen LogP) is 4.39. The van der Waals surface area contributed by atoms with E-state index in [1.807, 2.05) is 42.5 Å². The van der Waals surface area contributed by atoms with Gasteiger partial charge in [-0.1, -0.05) is 15.9 Å². The molecule has 0 saturated carbocycles. The largest absolute Gasteiger partial charge is 0.497 e. The van der Waals surface area contributed by atoms with Crippen molar-refractivity contribution in [2.45, 2.75) is 0 Å². The fraction of sp³-hybridized carbons (Fsp3) is 0.0556. The van der Waals surface area contributed by atoms with Gasteiger partial charge in [-0.05, 0) is 54.6 Å². The van der Waals surface area contributed by atoms with Crippen LogP contribution in [0.1, 0.15) is 5.56 Å². The Morgan fingerprint density at radius 1 is 1.17 bits per heavy atom. The van der Waals surface area contributed by atoms with Gasteiger partial charge in [0.25, 0.3) is 5.91 Å². The van der Waals surface area contributed by atoms with E-state index in [0.717, 1.165) is 15.7 Å². The van der Waals surface area contributed by atoms with Gasteiger partial charge in [0.15, 0.2) is 0 Å². The van der Waals surface area contributed by atoms with Crippen LogP contribution >= 0.6 is 15.9 Å². The van der Waals surface area contributed by atoms with Crippen LogP contribution in [0.2, 0.25) is 0 Å². The molecule has 0 aromatic heterocycles. The van der Waals surface area contributed by atoms with E-state index in [-0.39, 0.29) is 5.91 Å². The first-order valence-corrected chi connectivity index (χ1v) is 7.75. The van der Waals surface area contributed by atoms with Gasteiger partial charge in [-0.3, -0.25) is 4.79 Å². The first kappa shape index (κ1) is 15.4. The third-order valence-corrected chi connectivity index (χ3v) is 3.86. The average Bonchev–Trinajstić information content (AvgIpc) is 2.78. The fourth-order valence-corrected chi connectivity index (χ4v) is 2.41. The number of ether oxygens (including phenoxy) is 2. The van der Waals surface area contributed by atoms with Crippen molar-refractivity contribution in [2.75, 3.05) is 12.4 Å². The average molecular weight is 372 g/mol. The molecule has 0 spiro atoms. The van der Waals surface area contributed by atoms with E-state index < -0.39 is 0 Å². The minimum atomic E-state index is -0.206. The zero-order valence-electron chi connectivity index (χ0n) is 12.4. The van der Waals surface area contributed by atoms with E-state index in [1.165, 1.54) is 6.26 Å². The molecule has 3 rings (SSSR count). The quantitative estimate of drug-likeness (QED) is 0.870. The van der Waals surface area contributed by atoms with Gasteiger partial charge >= 0.3 is 0 Å². The molecule has 116 valence electrons. The highest BCUT2D eigenvalue weighted by atomic mass is 79.9. The molecule has 1 N–H and O–H groups in total. The van der Waals surface area contributed by atoms with E-state index in [4.69, 9.17) is 9.47 Å². The normalized spacial score (nSPS) is 12.5. The number of benzene rings is 2. The van der Waals surface area contributed by atoms with Crippen molar-refractivity contribution in [1.29, 1.82) is 0 Å². The van der Waals surface area contributed by atoms with Crippen molar-refractivity contribution >= 4 is 33.6 Å². The van der Waals surface area contributed by atoms with Crippen LogP contribution in [0, 0.1) is 0 Å². The predicted molar refractivity (Wildman–Crippen MR) is 93.5 cm³/mol. The molecule has 23 heavy (non-hydrogen) atoms. The highest BCUT2D eigenvalue weighted by Crippen LogP contribution is 2.29. The first-order valence-electron chi connectivity index (χ1n) is 6.95. The van der Waals surface area contributed by atoms with Gasteiger partial charge in [-0.15, -0.1) is 0 Å². The summed E-state index contributed by atoms with van der Waals surface area (Å²) in [6.45, 7) is 0. The van der Waals surface area contributed by atoms with E-state index >= 15 is 0 Å². The van der Waals surface area contributed by atoms with Gasteiger partial charge in [0, 0.05) is 21.3 Å². The van der Waals surface area contributed by atoms with Crippen LogP contribution in [0.25, 0.3) is 6.08 Å². The van der Waals surface area contributed by atoms with Crippen LogP contribution in [0.4, 0.5) is 5.69 Å². The van der Waals surface area contributed by atoms with Gasteiger partial charge in [0.2, 0.25) is 0 Å². The molecular weight excluding hydrogens is 358 g/mol. The highest BCUT2D eigenvalue weighted by molar-refractivity contribution is 9.10.